The summed E-state index contributed by atoms with van der Waals surface area (Å²) in [7, 11) is 0. The van der Waals surface area contributed by atoms with Crippen molar-refractivity contribution in [2.45, 2.75) is 18.6 Å². The molecule has 2 bridgehead atoms. The molecule has 3 N–H and O–H groups in total. The second-order valence-corrected chi connectivity index (χ2v) is 8.03. The third kappa shape index (κ3) is 3.12. The van der Waals surface area contributed by atoms with Gasteiger partial charge in [-0.1, -0.05) is 24.3 Å². The van der Waals surface area contributed by atoms with Crippen molar-refractivity contribution in [3.63, 3.8) is 0 Å². The molecule has 2 aliphatic heterocycles. The summed E-state index contributed by atoms with van der Waals surface area (Å²) in [6, 6.07) is 14.1. The second-order valence-electron chi connectivity index (χ2n) is 8.03. The van der Waals surface area contributed by atoms with Crippen LogP contribution in [0.4, 0.5) is 5.95 Å². The van der Waals surface area contributed by atoms with E-state index in [2.05, 4.69) is 25.9 Å². The fourth-order valence-corrected chi connectivity index (χ4v) is 4.43. The highest BCUT2D eigenvalue weighted by Crippen LogP contribution is 2.32. The molecule has 4 aromatic rings. The van der Waals surface area contributed by atoms with E-state index in [1.807, 2.05) is 36.5 Å². The van der Waals surface area contributed by atoms with Crippen LogP contribution in [0.1, 0.15) is 16.9 Å². The van der Waals surface area contributed by atoms with E-state index in [9.17, 15) is 4.79 Å². The number of benzene rings is 1. The number of primary amides is 1. The third-order valence-electron chi connectivity index (χ3n) is 6.06. The Hall–Kier alpha value is -3.78. The van der Waals surface area contributed by atoms with Gasteiger partial charge in [0.2, 0.25) is 5.95 Å². The van der Waals surface area contributed by atoms with Crippen LogP contribution in [0.5, 0.6) is 0 Å². The van der Waals surface area contributed by atoms with Gasteiger partial charge in [-0.05, 0) is 41.3 Å². The molecule has 8 heteroatoms. The Balaban J connectivity index is 1.29. The second kappa shape index (κ2) is 6.88. The predicted octanol–water partition coefficient (Wildman–Crippen LogP) is 2.76. The smallest absolute Gasteiger partial charge is 0.267 e. The van der Waals surface area contributed by atoms with E-state index in [1.54, 1.807) is 12.3 Å². The average molecular weight is 412 g/mol. The molecule has 31 heavy (non-hydrogen) atoms. The molecular weight excluding hydrogens is 392 g/mol. The van der Waals surface area contributed by atoms with Crippen LogP contribution in [0, 0.1) is 0 Å². The number of hydrogen-bond donors (Lipinski definition) is 2. The van der Waals surface area contributed by atoms with E-state index < -0.39 is 5.91 Å². The molecule has 0 unspecified atom stereocenters. The first kappa shape index (κ1) is 18.0. The molecular formula is C23H20N6O2. The maximum absolute atomic E-state index is 11.4. The van der Waals surface area contributed by atoms with Crippen LogP contribution >= 0.6 is 0 Å². The third-order valence-corrected chi connectivity index (χ3v) is 6.06. The summed E-state index contributed by atoms with van der Waals surface area (Å²) in [6.45, 7) is 1.62. The minimum absolute atomic E-state index is 0.254. The quantitative estimate of drug-likeness (QED) is 0.533. The van der Waals surface area contributed by atoms with Crippen molar-refractivity contribution in [2.24, 2.45) is 5.73 Å². The van der Waals surface area contributed by atoms with Gasteiger partial charge in [-0.25, -0.2) is 4.98 Å². The number of pyridine rings is 1. The number of nitrogens with two attached hydrogens (primary N) is 1. The first-order valence-electron chi connectivity index (χ1n) is 10.2. The molecule has 1 amide bonds. The van der Waals surface area contributed by atoms with Crippen molar-refractivity contribution in [2.75, 3.05) is 18.1 Å². The van der Waals surface area contributed by atoms with Gasteiger partial charge in [-0.15, -0.1) is 0 Å². The molecule has 2 fully saturated rings. The van der Waals surface area contributed by atoms with Gasteiger partial charge < -0.3 is 20.4 Å². The van der Waals surface area contributed by atoms with Gasteiger partial charge in [0, 0.05) is 30.0 Å². The number of anilines is 1. The summed E-state index contributed by atoms with van der Waals surface area (Å²) in [6.07, 6.45) is 4.83. The molecule has 6 rings (SSSR count). The number of ether oxygens (including phenoxy) is 1. The zero-order valence-electron chi connectivity index (χ0n) is 16.7. The van der Waals surface area contributed by atoms with Crippen LogP contribution < -0.4 is 10.6 Å². The fraction of sp³-hybridized carbons (Fsp3) is 0.217. The largest absolute Gasteiger partial charge is 0.374 e. The number of nitrogens with one attached hydrogen (secondary N) is 1. The Morgan fingerprint density at radius 3 is 2.68 bits per heavy atom. The molecule has 0 saturated carbocycles. The number of hydrogen-bond acceptors (Lipinski definition) is 6. The van der Waals surface area contributed by atoms with Crippen molar-refractivity contribution in [3.05, 3.63) is 60.6 Å². The molecule has 0 aliphatic carbocycles. The number of aromatic amines is 1. The highest BCUT2D eigenvalue weighted by Gasteiger charge is 2.40. The van der Waals surface area contributed by atoms with Crippen molar-refractivity contribution in [1.29, 1.82) is 0 Å². The van der Waals surface area contributed by atoms with E-state index in [-0.39, 0.29) is 5.69 Å². The van der Waals surface area contributed by atoms with Gasteiger partial charge in [0.05, 0.1) is 18.8 Å². The van der Waals surface area contributed by atoms with Gasteiger partial charge >= 0.3 is 0 Å². The molecule has 154 valence electrons. The van der Waals surface area contributed by atoms with Crippen LogP contribution in [0.15, 0.2) is 54.9 Å². The van der Waals surface area contributed by atoms with E-state index in [4.69, 9.17) is 15.5 Å². The number of aromatic nitrogens is 4. The summed E-state index contributed by atoms with van der Waals surface area (Å²) < 4.78 is 5.68. The van der Waals surface area contributed by atoms with Crippen molar-refractivity contribution in [3.8, 4) is 22.4 Å². The number of H-pyrrole nitrogens is 1. The van der Waals surface area contributed by atoms with Crippen LogP contribution in [-0.2, 0) is 4.74 Å². The zero-order valence-corrected chi connectivity index (χ0v) is 16.7. The van der Waals surface area contributed by atoms with E-state index in [0.29, 0.717) is 12.1 Å². The number of carbonyl (C=O) groups excluding carboxylic acids is 1. The highest BCUT2D eigenvalue weighted by atomic mass is 16.5. The Bertz CT molecular complexity index is 1300. The van der Waals surface area contributed by atoms with E-state index >= 15 is 0 Å². The topological polar surface area (TPSA) is 110 Å². The molecule has 3 aromatic heterocycles. The standard InChI is InChI=1S/C23H20N6O2/c24-21(30)20-7-15(5-6-25-20)13-1-3-14(4-2-13)19-8-16-10-26-23(28-22(16)27-19)29-11-18-9-17(29)12-31-18/h1-8,10,17-18H,9,11-12H2,(H2,24,30)(H,26,27,28)/t17-,18-/m0/s1. The molecule has 1 aromatic carbocycles. The predicted molar refractivity (Wildman–Crippen MR) is 117 cm³/mol. The molecule has 5 heterocycles. The summed E-state index contributed by atoms with van der Waals surface area (Å²) in [5.74, 6) is 0.223. The maximum Gasteiger partial charge on any atom is 0.267 e. The zero-order chi connectivity index (χ0) is 20.9. The Morgan fingerprint density at radius 2 is 1.94 bits per heavy atom. The highest BCUT2D eigenvalue weighted by molar-refractivity contribution is 5.92. The molecule has 2 aliphatic rings. The lowest BCUT2D eigenvalue weighted by atomic mass is 10.0. The summed E-state index contributed by atoms with van der Waals surface area (Å²) in [5.41, 5.74) is 10.3. The Kier molecular flexibility index (Phi) is 4.00. The molecule has 0 spiro atoms. The van der Waals surface area contributed by atoms with Gasteiger partial charge in [0.1, 0.15) is 11.3 Å². The number of rotatable bonds is 4. The van der Waals surface area contributed by atoms with Gasteiger partial charge in [-0.2, -0.15) is 4.98 Å². The molecule has 8 nitrogen and oxygen atoms in total. The van der Waals surface area contributed by atoms with Gasteiger partial charge in [-0.3, -0.25) is 9.78 Å². The lowest BCUT2D eigenvalue weighted by Gasteiger charge is -2.26. The van der Waals surface area contributed by atoms with Crippen molar-refractivity contribution in [1.82, 2.24) is 19.9 Å². The number of amides is 1. The average Bonchev–Trinajstić information content (AvgIpc) is 3.54. The Morgan fingerprint density at radius 1 is 1.10 bits per heavy atom. The number of morpholine rings is 1. The SMILES string of the molecule is NC(=O)c1cc(-c2ccc(-c3cc4cnc(N5C[C@@H]6C[C@H]5CO6)nc4[nH]3)cc2)ccn1. The van der Waals surface area contributed by atoms with Gasteiger partial charge in [0.15, 0.2) is 0 Å². The number of carbonyl (C=O) groups is 1. The normalized spacial score (nSPS) is 19.9. The van der Waals surface area contributed by atoms with Crippen LogP contribution in [0.3, 0.4) is 0 Å². The van der Waals surface area contributed by atoms with Crippen LogP contribution in [0.25, 0.3) is 33.4 Å². The van der Waals surface area contributed by atoms with Crippen LogP contribution in [0.2, 0.25) is 0 Å². The lowest BCUT2D eigenvalue weighted by Crippen LogP contribution is -2.38. The Labute approximate surface area is 178 Å². The fourth-order valence-electron chi connectivity index (χ4n) is 4.43. The van der Waals surface area contributed by atoms with Crippen molar-refractivity contribution >= 4 is 22.9 Å². The maximum atomic E-state index is 11.4. The minimum atomic E-state index is -0.536. The van der Waals surface area contributed by atoms with E-state index in [0.717, 1.165) is 58.9 Å². The molecule has 0 radical (unpaired) electrons. The summed E-state index contributed by atoms with van der Waals surface area (Å²) in [4.78, 5) is 30.4. The van der Waals surface area contributed by atoms with E-state index in [1.165, 1.54) is 0 Å². The number of fused-ring (bicyclic) bond motifs is 3. The molecule has 2 saturated heterocycles. The number of nitrogens with zero attached hydrogens (tertiary/aromatic N) is 4. The van der Waals surface area contributed by atoms with Crippen LogP contribution in [-0.4, -0.2) is 51.1 Å². The monoisotopic (exact) mass is 412 g/mol. The van der Waals surface area contributed by atoms with Gasteiger partial charge in [0.25, 0.3) is 5.91 Å². The first-order chi connectivity index (χ1) is 15.1. The lowest BCUT2D eigenvalue weighted by molar-refractivity contribution is 0.0985. The first-order valence-corrected chi connectivity index (χ1v) is 10.2. The minimum Gasteiger partial charge on any atom is -0.374 e. The summed E-state index contributed by atoms with van der Waals surface area (Å²) >= 11 is 0. The molecule has 2 atom stereocenters. The van der Waals surface area contributed by atoms with Crippen molar-refractivity contribution < 1.29 is 9.53 Å². The summed E-state index contributed by atoms with van der Waals surface area (Å²) in [5, 5.41) is 0.976.